The molecular weight excluding hydrogens is 286 g/mol. The molecule has 0 fully saturated rings. The molecule has 0 aliphatic carbocycles. The summed E-state index contributed by atoms with van der Waals surface area (Å²) >= 11 is 6.42. The average molecular weight is 316 g/mol. The molecule has 1 rings (SSSR count). The van der Waals surface area contributed by atoms with E-state index in [-0.39, 0.29) is 12.1 Å². The SMILES string of the molecule is CCCNC(c1c(Cl)cnn1CCC)C(CCC)OCC. The maximum absolute atomic E-state index is 6.42. The first-order valence-electron chi connectivity index (χ1n) is 8.25. The van der Waals surface area contributed by atoms with Crippen LogP contribution in [0.5, 0.6) is 0 Å². The van der Waals surface area contributed by atoms with Crippen molar-refractivity contribution in [3.05, 3.63) is 16.9 Å². The molecule has 0 amide bonds. The lowest BCUT2D eigenvalue weighted by molar-refractivity contribution is 0.0253. The Balaban J connectivity index is 3.06. The molecule has 2 atom stereocenters. The summed E-state index contributed by atoms with van der Waals surface area (Å²) in [6.45, 7) is 11.1. The molecule has 21 heavy (non-hydrogen) atoms. The number of nitrogens with zero attached hydrogens (tertiary/aromatic N) is 2. The van der Waals surface area contributed by atoms with Gasteiger partial charge in [0.2, 0.25) is 0 Å². The summed E-state index contributed by atoms with van der Waals surface area (Å²) < 4.78 is 8.02. The van der Waals surface area contributed by atoms with Crippen LogP contribution in [0.25, 0.3) is 0 Å². The van der Waals surface area contributed by atoms with E-state index in [0.717, 1.165) is 49.5 Å². The lowest BCUT2D eigenvalue weighted by Gasteiger charge is -2.29. The van der Waals surface area contributed by atoms with Gasteiger partial charge in [0.15, 0.2) is 0 Å². The van der Waals surface area contributed by atoms with E-state index in [1.165, 1.54) is 0 Å². The van der Waals surface area contributed by atoms with Gasteiger partial charge in [0.25, 0.3) is 0 Å². The molecule has 0 aliphatic rings. The first kappa shape index (κ1) is 18.5. The summed E-state index contributed by atoms with van der Waals surface area (Å²) in [6, 6.07) is 0.103. The number of aryl methyl sites for hydroxylation is 1. The Kier molecular flexibility index (Phi) is 8.97. The van der Waals surface area contributed by atoms with Crippen LogP contribution in [0.2, 0.25) is 5.02 Å². The van der Waals surface area contributed by atoms with Gasteiger partial charge in [-0.25, -0.2) is 0 Å². The molecule has 2 unspecified atom stereocenters. The van der Waals surface area contributed by atoms with E-state index in [4.69, 9.17) is 16.3 Å². The molecule has 122 valence electrons. The number of hydrogen-bond acceptors (Lipinski definition) is 3. The summed E-state index contributed by atoms with van der Waals surface area (Å²) in [7, 11) is 0. The van der Waals surface area contributed by atoms with Gasteiger partial charge >= 0.3 is 0 Å². The van der Waals surface area contributed by atoms with Gasteiger partial charge in [-0.15, -0.1) is 0 Å². The monoisotopic (exact) mass is 315 g/mol. The first-order valence-corrected chi connectivity index (χ1v) is 8.63. The molecule has 0 bridgehead atoms. The Hall–Kier alpha value is -0.580. The lowest BCUT2D eigenvalue weighted by Crippen LogP contribution is -2.36. The average Bonchev–Trinajstić information content (AvgIpc) is 2.82. The van der Waals surface area contributed by atoms with Crippen LogP contribution in [0.4, 0.5) is 0 Å². The smallest absolute Gasteiger partial charge is 0.0835 e. The fourth-order valence-corrected chi connectivity index (χ4v) is 2.88. The largest absolute Gasteiger partial charge is 0.376 e. The molecule has 1 N–H and O–H groups in total. The molecule has 0 radical (unpaired) electrons. The van der Waals surface area contributed by atoms with E-state index in [9.17, 15) is 0 Å². The van der Waals surface area contributed by atoms with Crippen molar-refractivity contribution in [3.63, 3.8) is 0 Å². The molecular formula is C16H30ClN3O. The van der Waals surface area contributed by atoms with Crippen LogP contribution in [-0.4, -0.2) is 29.0 Å². The zero-order valence-corrected chi connectivity index (χ0v) is 14.6. The first-order chi connectivity index (χ1) is 10.2. The second-order valence-corrected chi connectivity index (χ2v) is 5.72. The minimum absolute atomic E-state index is 0.103. The highest BCUT2D eigenvalue weighted by Gasteiger charge is 2.28. The number of halogens is 1. The molecule has 5 heteroatoms. The van der Waals surface area contributed by atoms with Crippen LogP contribution in [0, 0.1) is 0 Å². The Morgan fingerprint density at radius 1 is 1.24 bits per heavy atom. The minimum Gasteiger partial charge on any atom is -0.376 e. The van der Waals surface area contributed by atoms with Crippen molar-refractivity contribution in [3.8, 4) is 0 Å². The van der Waals surface area contributed by atoms with Crippen molar-refractivity contribution in [1.29, 1.82) is 0 Å². The van der Waals surface area contributed by atoms with E-state index in [0.29, 0.717) is 6.61 Å². The van der Waals surface area contributed by atoms with Gasteiger partial charge in [-0.1, -0.05) is 38.8 Å². The summed E-state index contributed by atoms with van der Waals surface area (Å²) in [5.74, 6) is 0. The van der Waals surface area contributed by atoms with Crippen LogP contribution < -0.4 is 5.32 Å². The maximum Gasteiger partial charge on any atom is 0.0835 e. The molecule has 0 spiro atoms. The normalized spacial score (nSPS) is 14.3. The predicted octanol–water partition coefficient (Wildman–Crippen LogP) is 4.19. The summed E-state index contributed by atoms with van der Waals surface area (Å²) in [5, 5.41) is 8.77. The predicted molar refractivity (Wildman–Crippen MR) is 88.9 cm³/mol. The zero-order chi connectivity index (χ0) is 15.7. The third-order valence-electron chi connectivity index (χ3n) is 3.50. The third-order valence-corrected chi connectivity index (χ3v) is 3.79. The summed E-state index contributed by atoms with van der Waals surface area (Å²) in [4.78, 5) is 0. The van der Waals surface area contributed by atoms with Crippen LogP contribution in [0.3, 0.4) is 0 Å². The quantitative estimate of drug-likeness (QED) is 0.665. The highest BCUT2D eigenvalue weighted by atomic mass is 35.5. The zero-order valence-electron chi connectivity index (χ0n) is 13.9. The topological polar surface area (TPSA) is 39.1 Å². The third kappa shape index (κ3) is 5.28. The Bertz CT molecular complexity index is 389. The van der Waals surface area contributed by atoms with Gasteiger partial charge in [-0.2, -0.15) is 5.10 Å². The minimum atomic E-state index is 0.103. The van der Waals surface area contributed by atoms with Crippen molar-refractivity contribution < 1.29 is 4.74 Å². The van der Waals surface area contributed by atoms with E-state index in [2.05, 4.69) is 31.2 Å². The number of rotatable bonds is 11. The van der Waals surface area contributed by atoms with Crippen molar-refractivity contribution in [2.24, 2.45) is 0 Å². The van der Waals surface area contributed by atoms with E-state index in [1.807, 2.05) is 11.6 Å². The van der Waals surface area contributed by atoms with E-state index in [1.54, 1.807) is 6.20 Å². The van der Waals surface area contributed by atoms with Crippen LogP contribution in [-0.2, 0) is 11.3 Å². The summed E-state index contributed by atoms with van der Waals surface area (Å²) in [5.41, 5.74) is 1.07. The number of ether oxygens (including phenoxy) is 1. The Morgan fingerprint density at radius 3 is 2.57 bits per heavy atom. The number of aromatic nitrogens is 2. The molecule has 4 nitrogen and oxygen atoms in total. The molecule has 0 aromatic carbocycles. The number of hydrogen-bond donors (Lipinski definition) is 1. The van der Waals surface area contributed by atoms with Gasteiger partial charge in [0.1, 0.15) is 0 Å². The number of nitrogens with one attached hydrogen (secondary N) is 1. The highest BCUT2D eigenvalue weighted by Crippen LogP contribution is 2.29. The van der Waals surface area contributed by atoms with Crippen LogP contribution in [0.15, 0.2) is 6.20 Å². The Morgan fingerprint density at radius 2 is 2.00 bits per heavy atom. The molecule has 0 aliphatic heterocycles. The van der Waals surface area contributed by atoms with Crippen molar-refractivity contribution in [1.82, 2.24) is 15.1 Å². The molecule has 1 heterocycles. The molecule has 0 saturated carbocycles. The second kappa shape index (κ2) is 10.2. The van der Waals surface area contributed by atoms with E-state index < -0.39 is 0 Å². The molecule has 1 aromatic rings. The standard InChI is InChI=1S/C16H30ClN3O/c1-5-9-14(21-8-4)15(18-10-6-2)16-13(17)12-19-20(16)11-7-3/h12,14-15,18H,5-11H2,1-4H3. The van der Waals surface area contributed by atoms with Gasteiger partial charge in [0.05, 0.1) is 29.1 Å². The Labute approximate surface area is 134 Å². The fourth-order valence-electron chi connectivity index (χ4n) is 2.62. The van der Waals surface area contributed by atoms with Crippen LogP contribution >= 0.6 is 11.6 Å². The van der Waals surface area contributed by atoms with Gasteiger partial charge in [0, 0.05) is 13.2 Å². The van der Waals surface area contributed by atoms with Crippen molar-refractivity contribution in [2.75, 3.05) is 13.2 Å². The summed E-state index contributed by atoms with van der Waals surface area (Å²) in [6.07, 6.45) is 6.12. The van der Waals surface area contributed by atoms with Crippen molar-refractivity contribution in [2.45, 2.75) is 72.1 Å². The fraction of sp³-hybridized carbons (Fsp3) is 0.812. The van der Waals surface area contributed by atoms with Gasteiger partial charge < -0.3 is 10.1 Å². The van der Waals surface area contributed by atoms with Crippen LogP contribution in [0.1, 0.15) is 65.1 Å². The van der Waals surface area contributed by atoms with E-state index >= 15 is 0 Å². The van der Waals surface area contributed by atoms with Gasteiger partial charge in [-0.05, 0) is 32.7 Å². The molecule has 0 saturated heterocycles. The maximum atomic E-state index is 6.42. The highest BCUT2D eigenvalue weighted by molar-refractivity contribution is 6.31. The van der Waals surface area contributed by atoms with Gasteiger partial charge in [-0.3, -0.25) is 4.68 Å². The molecule has 1 aromatic heterocycles. The van der Waals surface area contributed by atoms with Crippen molar-refractivity contribution >= 4 is 11.6 Å². The second-order valence-electron chi connectivity index (χ2n) is 5.32. The lowest BCUT2D eigenvalue weighted by atomic mass is 10.0.